The number of rotatable bonds is 6. The van der Waals surface area contributed by atoms with Gasteiger partial charge in [0.25, 0.3) is 0 Å². The Bertz CT molecular complexity index is 591. The van der Waals surface area contributed by atoms with E-state index in [1.807, 2.05) is 26.2 Å². The molecule has 0 radical (unpaired) electrons. The van der Waals surface area contributed by atoms with E-state index in [1.165, 1.54) is 11.5 Å². The van der Waals surface area contributed by atoms with Crippen molar-refractivity contribution in [1.82, 2.24) is 14.2 Å². The van der Waals surface area contributed by atoms with Crippen LogP contribution < -0.4 is 5.32 Å². The van der Waals surface area contributed by atoms with Gasteiger partial charge in [-0.15, -0.1) is 0 Å². The van der Waals surface area contributed by atoms with Crippen molar-refractivity contribution < 1.29 is 9.53 Å². The molecule has 0 bridgehead atoms. The summed E-state index contributed by atoms with van der Waals surface area (Å²) >= 11 is 1.28. The van der Waals surface area contributed by atoms with Gasteiger partial charge in [0.05, 0.1) is 18.0 Å². The van der Waals surface area contributed by atoms with Gasteiger partial charge in [-0.3, -0.25) is 4.68 Å². The zero-order chi connectivity index (χ0) is 14.5. The maximum absolute atomic E-state index is 11.9. The second kappa shape index (κ2) is 6.51. The summed E-state index contributed by atoms with van der Waals surface area (Å²) in [5.74, 6) is -0.320. The Kier molecular flexibility index (Phi) is 4.73. The predicted octanol–water partition coefficient (Wildman–Crippen LogP) is 2.02. The fraction of sp³-hybridized carbons (Fsp3) is 0.462. The lowest BCUT2D eigenvalue weighted by Gasteiger charge is -2.06. The standard InChI is InChI=1S/C13H18N4O2S/c1-4-19-13(18)11-9(2)16-20-12(11)14-7-5-10-6-8-17(3)15-10/h6,8,14H,4-5,7H2,1-3H3. The summed E-state index contributed by atoms with van der Waals surface area (Å²) in [6.07, 6.45) is 2.70. The zero-order valence-corrected chi connectivity index (χ0v) is 12.7. The van der Waals surface area contributed by atoms with E-state index in [9.17, 15) is 4.79 Å². The third-order valence-electron chi connectivity index (χ3n) is 2.78. The Morgan fingerprint density at radius 3 is 3.00 bits per heavy atom. The van der Waals surface area contributed by atoms with E-state index in [0.29, 0.717) is 24.4 Å². The van der Waals surface area contributed by atoms with Crippen molar-refractivity contribution in [2.75, 3.05) is 18.5 Å². The molecule has 2 aromatic heterocycles. The third-order valence-corrected chi connectivity index (χ3v) is 3.67. The summed E-state index contributed by atoms with van der Waals surface area (Å²) in [6, 6.07) is 1.98. The van der Waals surface area contributed by atoms with Crippen LogP contribution in [0, 0.1) is 6.92 Å². The molecular formula is C13H18N4O2S. The van der Waals surface area contributed by atoms with Crippen molar-refractivity contribution in [1.29, 1.82) is 0 Å². The predicted molar refractivity (Wildman–Crippen MR) is 78.2 cm³/mol. The van der Waals surface area contributed by atoms with Crippen molar-refractivity contribution in [2.45, 2.75) is 20.3 Å². The van der Waals surface area contributed by atoms with Crippen molar-refractivity contribution in [3.8, 4) is 0 Å². The first-order valence-electron chi connectivity index (χ1n) is 6.47. The van der Waals surface area contributed by atoms with Crippen LogP contribution in [0.3, 0.4) is 0 Å². The molecule has 6 nitrogen and oxygen atoms in total. The molecule has 0 atom stereocenters. The first-order valence-corrected chi connectivity index (χ1v) is 7.25. The molecule has 0 amide bonds. The largest absolute Gasteiger partial charge is 0.462 e. The maximum Gasteiger partial charge on any atom is 0.343 e. The molecule has 20 heavy (non-hydrogen) atoms. The average Bonchev–Trinajstić information content (AvgIpc) is 2.97. The van der Waals surface area contributed by atoms with Crippen molar-refractivity contribution in [3.05, 3.63) is 29.2 Å². The quantitative estimate of drug-likeness (QED) is 0.825. The van der Waals surface area contributed by atoms with Gasteiger partial charge in [0.15, 0.2) is 0 Å². The van der Waals surface area contributed by atoms with Crippen molar-refractivity contribution >= 4 is 22.5 Å². The smallest absolute Gasteiger partial charge is 0.343 e. The van der Waals surface area contributed by atoms with E-state index in [-0.39, 0.29) is 5.97 Å². The molecule has 108 valence electrons. The molecule has 7 heteroatoms. The molecule has 0 saturated carbocycles. The summed E-state index contributed by atoms with van der Waals surface area (Å²) in [5, 5.41) is 8.30. The molecule has 2 aromatic rings. The van der Waals surface area contributed by atoms with E-state index in [2.05, 4.69) is 14.8 Å². The Hall–Kier alpha value is -1.89. The minimum atomic E-state index is -0.320. The lowest BCUT2D eigenvalue weighted by atomic mass is 10.2. The summed E-state index contributed by atoms with van der Waals surface area (Å²) in [4.78, 5) is 11.9. The molecule has 0 aliphatic rings. The Morgan fingerprint density at radius 1 is 1.55 bits per heavy atom. The Morgan fingerprint density at radius 2 is 2.35 bits per heavy atom. The van der Waals surface area contributed by atoms with E-state index in [1.54, 1.807) is 11.6 Å². The zero-order valence-electron chi connectivity index (χ0n) is 11.8. The summed E-state index contributed by atoms with van der Waals surface area (Å²) in [6.45, 7) is 4.67. The minimum Gasteiger partial charge on any atom is -0.462 e. The van der Waals surface area contributed by atoms with Crippen LogP contribution in [0.15, 0.2) is 12.3 Å². The fourth-order valence-corrected chi connectivity index (χ4v) is 2.64. The SMILES string of the molecule is CCOC(=O)c1c(C)nsc1NCCc1ccn(C)n1. The van der Waals surface area contributed by atoms with Gasteiger partial charge in [-0.1, -0.05) is 0 Å². The van der Waals surface area contributed by atoms with E-state index < -0.39 is 0 Å². The number of carbonyl (C=O) groups excluding carboxylic acids is 1. The van der Waals surface area contributed by atoms with Crippen LogP contribution in [-0.2, 0) is 18.2 Å². The first kappa shape index (κ1) is 14.5. The van der Waals surface area contributed by atoms with Gasteiger partial charge in [0.1, 0.15) is 10.6 Å². The van der Waals surface area contributed by atoms with Crippen molar-refractivity contribution in [2.24, 2.45) is 7.05 Å². The maximum atomic E-state index is 11.9. The molecule has 1 N–H and O–H groups in total. The second-order valence-electron chi connectivity index (χ2n) is 4.35. The summed E-state index contributed by atoms with van der Waals surface area (Å²) < 4.78 is 11.0. The van der Waals surface area contributed by atoms with Crippen LogP contribution in [0.4, 0.5) is 5.00 Å². The minimum absolute atomic E-state index is 0.320. The number of esters is 1. The number of anilines is 1. The topological polar surface area (TPSA) is 69.0 Å². The Balaban J connectivity index is 1.97. The molecule has 0 aliphatic carbocycles. The van der Waals surface area contributed by atoms with Gasteiger partial charge in [-0.25, -0.2) is 4.79 Å². The van der Waals surface area contributed by atoms with E-state index >= 15 is 0 Å². The number of aryl methyl sites for hydroxylation is 2. The van der Waals surface area contributed by atoms with Gasteiger partial charge in [0, 0.05) is 26.2 Å². The molecule has 0 saturated heterocycles. The van der Waals surface area contributed by atoms with E-state index in [0.717, 1.165) is 17.1 Å². The molecule has 0 spiro atoms. The van der Waals surface area contributed by atoms with Gasteiger partial charge < -0.3 is 10.1 Å². The fourth-order valence-electron chi connectivity index (χ4n) is 1.83. The second-order valence-corrected chi connectivity index (χ2v) is 5.12. The first-order chi connectivity index (χ1) is 9.61. The monoisotopic (exact) mass is 294 g/mol. The molecular weight excluding hydrogens is 276 g/mol. The molecule has 0 aliphatic heterocycles. The number of carbonyl (C=O) groups is 1. The highest BCUT2D eigenvalue weighted by Gasteiger charge is 2.19. The van der Waals surface area contributed by atoms with Gasteiger partial charge in [0.2, 0.25) is 0 Å². The normalized spacial score (nSPS) is 10.6. The molecule has 2 heterocycles. The molecule has 0 aromatic carbocycles. The number of ether oxygens (including phenoxy) is 1. The van der Waals surface area contributed by atoms with Gasteiger partial charge in [-0.2, -0.15) is 9.47 Å². The number of hydrogen-bond acceptors (Lipinski definition) is 6. The molecule has 0 fully saturated rings. The van der Waals surface area contributed by atoms with Crippen LogP contribution in [0.1, 0.15) is 28.7 Å². The lowest BCUT2D eigenvalue weighted by molar-refractivity contribution is 0.0527. The number of hydrogen-bond donors (Lipinski definition) is 1. The lowest BCUT2D eigenvalue weighted by Crippen LogP contribution is -2.11. The highest BCUT2D eigenvalue weighted by Crippen LogP contribution is 2.25. The summed E-state index contributed by atoms with van der Waals surface area (Å²) in [7, 11) is 1.89. The number of nitrogens with zero attached hydrogens (tertiary/aromatic N) is 3. The third kappa shape index (κ3) is 3.36. The number of aromatic nitrogens is 3. The van der Waals surface area contributed by atoms with Crippen LogP contribution in [0.25, 0.3) is 0 Å². The van der Waals surface area contributed by atoms with Crippen molar-refractivity contribution in [3.63, 3.8) is 0 Å². The highest BCUT2D eigenvalue weighted by molar-refractivity contribution is 7.10. The number of nitrogens with one attached hydrogen (secondary N) is 1. The average molecular weight is 294 g/mol. The summed E-state index contributed by atoms with van der Waals surface area (Å²) in [5.41, 5.74) is 2.26. The molecule has 2 rings (SSSR count). The molecule has 0 unspecified atom stereocenters. The van der Waals surface area contributed by atoms with Gasteiger partial charge in [-0.05, 0) is 31.4 Å². The van der Waals surface area contributed by atoms with Gasteiger partial charge >= 0.3 is 5.97 Å². The van der Waals surface area contributed by atoms with Crippen LogP contribution in [-0.4, -0.2) is 33.3 Å². The highest BCUT2D eigenvalue weighted by atomic mass is 32.1. The van der Waals surface area contributed by atoms with Crippen LogP contribution >= 0.6 is 11.5 Å². The Labute approximate surface area is 121 Å². The van der Waals surface area contributed by atoms with Crippen LogP contribution in [0.2, 0.25) is 0 Å². The van der Waals surface area contributed by atoms with Crippen LogP contribution in [0.5, 0.6) is 0 Å². The van der Waals surface area contributed by atoms with E-state index in [4.69, 9.17) is 4.74 Å².